The number of hydrogen-bond acceptors (Lipinski definition) is 4. The Kier molecular flexibility index (Phi) is 8.76. The maximum atomic E-state index is 7.45. The fourth-order valence-electron chi connectivity index (χ4n) is 10.5. The van der Waals surface area contributed by atoms with E-state index in [0.717, 1.165) is 80.1 Å². The molecule has 0 N–H and O–H groups in total. The van der Waals surface area contributed by atoms with Crippen LogP contribution in [0.4, 0.5) is 0 Å². The van der Waals surface area contributed by atoms with E-state index >= 15 is 0 Å². The van der Waals surface area contributed by atoms with Gasteiger partial charge in [-0.2, -0.15) is 0 Å². The summed E-state index contributed by atoms with van der Waals surface area (Å²) in [5.74, 6) is 2.67. The minimum absolute atomic E-state index is 0.514. The van der Waals surface area contributed by atoms with Crippen molar-refractivity contribution >= 4 is 56.7 Å². The fourth-order valence-corrected chi connectivity index (χ4v) is 15.4. The Hall–Kier alpha value is -7.87. The molecule has 4 aromatic heterocycles. The molecular formula is C56H41N5OSi. The molecule has 7 aromatic carbocycles. The molecule has 0 amide bonds. The first kappa shape index (κ1) is 36.9. The summed E-state index contributed by atoms with van der Waals surface area (Å²) in [6.45, 7) is 0. The average molecular weight is 828 g/mol. The minimum Gasteiger partial charge on any atom is -0.457 e. The predicted molar refractivity (Wildman–Crippen MR) is 256 cm³/mol. The number of aromatic nitrogens is 5. The van der Waals surface area contributed by atoms with E-state index in [9.17, 15) is 0 Å². The molecule has 300 valence electrons. The molecule has 0 radical (unpaired) electrons. The van der Waals surface area contributed by atoms with Crippen molar-refractivity contribution < 1.29 is 4.74 Å². The Morgan fingerprint density at radius 1 is 0.492 bits per heavy atom. The van der Waals surface area contributed by atoms with Crippen molar-refractivity contribution in [3.05, 3.63) is 247 Å². The first-order valence-electron chi connectivity index (χ1n) is 21.5. The summed E-state index contributed by atoms with van der Waals surface area (Å²) in [6, 6.07) is 72.5. The number of pyridine rings is 2. The monoisotopic (exact) mass is 827 g/mol. The van der Waals surface area contributed by atoms with Crippen LogP contribution in [-0.4, -0.2) is 32.0 Å². The Bertz CT molecular complexity index is 3360. The Morgan fingerprint density at radius 2 is 1.08 bits per heavy atom. The van der Waals surface area contributed by atoms with Gasteiger partial charge in [0.15, 0.2) is 8.07 Å². The third-order valence-corrected chi connectivity index (χ3v) is 17.8. The number of imidazole rings is 2. The first-order chi connectivity index (χ1) is 31.2. The van der Waals surface area contributed by atoms with Crippen molar-refractivity contribution in [2.75, 3.05) is 0 Å². The summed E-state index contributed by atoms with van der Waals surface area (Å²) in [5, 5.41) is 4.97. The number of fused-ring (bicyclic) bond motifs is 7. The zero-order valence-corrected chi connectivity index (χ0v) is 35.4. The summed E-state index contributed by atoms with van der Waals surface area (Å²) in [7, 11) is -3.25. The highest BCUT2D eigenvalue weighted by Crippen LogP contribution is 2.51. The maximum Gasteiger partial charge on any atom is 0.220 e. The van der Waals surface area contributed by atoms with Crippen LogP contribution in [0.2, 0.25) is 0 Å². The van der Waals surface area contributed by atoms with Crippen LogP contribution in [0.3, 0.4) is 0 Å². The van der Waals surface area contributed by atoms with Gasteiger partial charge >= 0.3 is 0 Å². The van der Waals surface area contributed by atoms with Crippen molar-refractivity contribution in [2.45, 2.75) is 18.3 Å². The lowest BCUT2D eigenvalue weighted by Crippen LogP contribution is -2.75. The summed E-state index contributed by atoms with van der Waals surface area (Å²) in [4.78, 5) is 14.5. The van der Waals surface area contributed by atoms with Gasteiger partial charge in [0.1, 0.15) is 11.5 Å². The highest BCUT2D eigenvalue weighted by molar-refractivity contribution is 7.20. The summed E-state index contributed by atoms with van der Waals surface area (Å²) in [5.41, 5.74) is 9.45. The highest BCUT2D eigenvalue weighted by Gasteiger charge is 2.49. The van der Waals surface area contributed by atoms with E-state index in [1.807, 2.05) is 36.9 Å². The lowest BCUT2D eigenvalue weighted by atomic mass is 9.65. The number of nitrogens with zero attached hydrogens (tertiary/aromatic N) is 5. The van der Waals surface area contributed by atoms with E-state index in [1.54, 1.807) is 0 Å². The molecule has 63 heavy (non-hydrogen) atoms. The van der Waals surface area contributed by atoms with Gasteiger partial charge in [0.05, 0.1) is 22.1 Å². The van der Waals surface area contributed by atoms with E-state index in [1.165, 1.54) is 20.7 Å². The predicted octanol–water partition coefficient (Wildman–Crippen LogP) is 9.48. The molecule has 0 unspecified atom stereocenters. The van der Waals surface area contributed by atoms with Gasteiger partial charge in [-0.3, -0.25) is 18.9 Å². The minimum atomic E-state index is -3.25. The van der Waals surface area contributed by atoms with Crippen molar-refractivity contribution in [3.8, 4) is 17.2 Å². The third kappa shape index (κ3) is 5.81. The molecule has 0 aliphatic carbocycles. The molecule has 0 atom stereocenters. The number of hydrogen-bond donors (Lipinski definition) is 0. The van der Waals surface area contributed by atoms with Crippen LogP contribution < -0.4 is 25.5 Å². The first-order valence-corrected chi connectivity index (χ1v) is 23.5. The van der Waals surface area contributed by atoms with Gasteiger partial charge < -0.3 is 4.74 Å². The molecular weight excluding hydrogens is 787 g/mol. The van der Waals surface area contributed by atoms with E-state index in [-0.39, 0.29) is 0 Å². The molecule has 0 saturated heterocycles. The lowest BCUT2D eigenvalue weighted by Gasteiger charge is -2.44. The van der Waals surface area contributed by atoms with Crippen LogP contribution in [0.25, 0.3) is 33.5 Å². The normalized spacial score (nSPS) is 13.1. The molecule has 0 bridgehead atoms. The Labute approximate surface area is 366 Å². The summed E-state index contributed by atoms with van der Waals surface area (Å²) < 4.78 is 12.1. The van der Waals surface area contributed by atoms with E-state index in [0.29, 0.717) is 0 Å². The Morgan fingerprint density at radius 3 is 1.78 bits per heavy atom. The number of benzene rings is 7. The zero-order valence-electron chi connectivity index (χ0n) is 34.4. The van der Waals surface area contributed by atoms with Crippen molar-refractivity contribution in [1.29, 1.82) is 0 Å². The molecule has 0 fully saturated rings. The zero-order chi connectivity index (χ0) is 41.8. The van der Waals surface area contributed by atoms with Gasteiger partial charge in [-0.1, -0.05) is 146 Å². The summed E-state index contributed by atoms with van der Waals surface area (Å²) in [6.07, 6.45) is 9.17. The third-order valence-electron chi connectivity index (χ3n) is 13.1. The molecule has 0 spiro atoms. The second-order valence-electron chi connectivity index (χ2n) is 16.5. The molecule has 1 aliphatic heterocycles. The molecule has 12 rings (SSSR count). The number of para-hydroxylation sites is 6. The van der Waals surface area contributed by atoms with Crippen LogP contribution >= 0.6 is 0 Å². The fraction of sp³-hybridized carbons (Fsp3) is 0.0536. The lowest BCUT2D eigenvalue weighted by molar-refractivity contribution is 0.387. The van der Waals surface area contributed by atoms with Gasteiger partial charge in [-0.15, -0.1) is 0 Å². The second kappa shape index (κ2) is 14.9. The van der Waals surface area contributed by atoms with Crippen molar-refractivity contribution in [1.82, 2.24) is 23.9 Å². The average Bonchev–Trinajstić information content (AvgIpc) is 3.88. The SMILES string of the molecule is c1ccc([Si](c2ccccc2)(c2cccc(-n3c4ccccc4n4c5ccccc5nc34)c2)c2cccc3c2Oc2ccccc2C3(Cc2cccnc2)Cc2cccnc2)cc1. The molecule has 11 aromatic rings. The molecule has 0 saturated carbocycles. The van der Waals surface area contributed by atoms with Gasteiger partial charge in [-0.25, -0.2) is 4.98 Å². The van der Waals surface area contributed by atoms with Crippen LogP contribution in [0, 0.1) is 0 Å². The molecule has 5 heterocycles. The van der Waals surface area contributed by atoms with Gasteiger partial charge in [-0.05, 0) is 99.3 Å². The van der Waals surface area contributed by atoms with E-state index in [4.69, 9.17) is 9.72 Å². The molecule has 6 nitrogen and oxygen atoms in total. The van der Waals surface area contributed by atoms with Gasteiger partial charge in [0.2, 0.25) is 5.78 Å². The van der Waals surface area contributed by atoms with Crippen LogP contribution in [0.1, 0.15) is 22.3 Å². The smallest absolute Gasteiger partial charge is 0.220 e. The summed E-state index contributed by atoms with van der Waals surface area (Å²) >= 11 is 0. The highest BCUT2D eigenvalue weighted by atomic mass is 28.3. The van der Waals surface area contributed by atoms with Crippen LogP contribution in [0.15, 0.2) is 225 Å². The molecule has 7 heteroatoms. The quantitative estimate of drug-likeness (QED) is 0.108. The topological polar surface area (TPSA) is 57.2 Å². The molecule has 1 aliphatic rings. The van der Waals surface area contributed by atoms with Gasteiger partial charge in [0, 0.05) is 47.0 Å². The Balaban J connectivity index is 1.17. The van der Waals surface area contributed by atoms with Crippen LogP contribution in [0.5, 0.6) is 11.5 Å². The van der Waals surface area contributed by atoms with Crippen LogP contribution in [-0.2, 0) is 18.3 Å². The maximum absolute atomic E-state index is 7.45. The second-order valence-corrected chi connectivity index (χ2v) is 20.3. The largest absolute Gasteiger partial charge is 0.457 e. The van der Waals surface area contributed by atoms with Crippen molar-refractivity contribution in [2.24, 2.45) is 0 Å². The standard InChI is InChI=1S/C56H41N5OSi/c1-3-20-43(21-4-1)63(44-22-5-2-6-23-44,45-24-13-19-42(35-45)60-50-29-10-11-30-51(50)61-49-28-9-8-27-48(49)59-55(60)61)53-32-14-26-47-54(53)62-52-31-12-7-25-46(52)56(47,36-40-17-15-33-57-38-40)37-41-18-16-34-58-39-41/h1-35,38-39H,36-37H2. The van der Waals surface area contributed by atoms with Crippen molar-refractivity contribution in [3.63, 3.8) is 0 Å². The van der Waals surface area contributed by atoms with E-state index in [2.05, 4.69) is 207 Å². The number of ether oxygens (including phenoxy) is 1. The number of rotatable bonds is 9. The van der Waals surface area contributed by atoms with Gasteiger partial charge in [0.25, 0.3) is 0 Å². The van der Waals surface area contributed by atoms with E-state index < -0.39 is 13.5 Å².